The van der Waals surface area contributed by atoms with Crippen LogP contribution in [-0.2, 0) is 4.74 Å². The minimum absolute atomic E-state index is 0.0222. The van der Waals surface area contributed by atoms with E-state index in [1.807, 2.05) is 13.8 Å². The maximum Gasteiger partial charge on any atom is 0.253 e. The molecule has 1 rings (SSSR count). The first-order chi connectivity index (χ1) is 8.58. The Hall–Kier alpha value is -1.62. The zero-order chi connectivity index (χ0) is 13.5. The predicted octanol–water partition coefficient (Wildman–Crippen LogP) is 1.62. The summed E-state index contributed by atoms with van der Waals surface area (Å²) < 4.78 is 5.15. The molecule has 0 saturated heterocycles. The second-order valence-corrected chi connectivity index (χ2v) is 4.19. The van der Waals surface area contributed by atoms with E-state index in [2.05, 4.69) is 10.3 Å². The molecule has 5 heteroatoms. The molecule has 0 radical (unpaired) electrons. The molecule has 1 unspecified atom stereocenters. The molecule has 1 aromatic heterocycles. The summed E-state index contributed by atoms with van der Waals surface area (Å²) in [6.07, 6.45) is 1.66. The van der Waals surface area contributed by atoms with Crippen LogP contribution in [0.25, 0.3) is 0 Å². The molecule has 0 aliphatic heterocycles. The summed E-state index contributed by atoms with van der Waals surface area (Å²) in [6, 6.07) is 3.48. The van der Waals surface area contributed by atoms with Crippen LogP contribution in [0.4, 0.5) is 5.82 Å². The van der Waals surface area contributed by atoms with Crippen LogP contribution >= 0.6 is 0 Å². The molecule has 0 fully saturated rings. The minimum Gasteiger partial charge on any atom is -0.380 e. The maximum absolute atomic E-state index is 12.2. The molecule has 1 atom stereocenters. The fraction of sp³-hybridized carbons (Fsp3) is 0.538. The first-order valence-corrected chi connectivity index (χ1v) is 6.06. The number of ether oxygens (including phenoxy) is 1. The van der Waals surface area contributed by atoms with E-state index in [0.29, 0.717) is 12.1 Å². The molecular weight excluding hydrogens is 230 g/mol. The third-order valence-electron chi connectivity index (χ3n) is 2.64. The molecule has 0 saturated carbocycles. The SMILES string of the molecule is CCNc1cc(C(=O)N(C)CC(C)OC)ccn1. The van der Waals surface area contributed by atoms with Gasteiger partial charge in [-0.05, 0) is 26.0 Å². The van der Waals surface area contributed by atoms with Crippen molar-refractivity contribution in [3.05, 3.63) is 23.9 Å². The highest BCUT2D eigenvalue weighted by atomic mass is 16.5. The molecule has 18 heavy (non-hydrogen) atoms. The highest BCUT2D eigenvalue weighted by Crippen LogP contribution is 2.09. The lowest BCUT2D eigenvalue weighted by atomic mass is 10.2. The average Bonchev–Trinajstić information content (AvgIpc) is 2.38. The van der Waals surface area contributed by atoms with Crippen molar-refractivity contribution in [1.82, 2.24) is 9.88 Å². The number of methoxy groups -OCH3 is 1. The number of pyridine rings is 1. The van der Waals surface area contributed by atoms with Gasteiger partial charge in [0.15, 0.2) is 0 Å². The highest BCUT2D eigenvalue weighted by Gasteiger charge is 2.14. The minimum atomic E-state index is -0.0274. The molecule has 0 spiro atoms. The van der Waals surface area contributed by atoms with E-state index in [4.69, 9.17) is 4.74 Å². The van der Waals surface area contributed by atoms with E-state index in [1.54, 1.807) is 37.4 Å². The number of likely N-dealkylation sites (N-methyl/N-ethyl adjacent to an activating group) is 1. The van der Waals surface area contributed by atoms with Crippen LogP contribution in [0.2, 0.25) is 0 Å². The van der Waals surface area contributed by atoms with Crippen molar-refractivity contribution in [2.45, 2.75) is 20.0 Å². The van der Waals surface area contributed by atoms with Crippen molar-refractivity contribution < 1.29 is 9.53 Å². The van der Waals surface area contributed by atoms with Crippen LogP contribution < -0.4 is 5.32 Å². The number of nitrogens with zero attached hydrogens (tertiary/aromatic N) is 2. The van der Waals surface area contributed by atoms with Crippen molar-refractivity contribution in [1.29, 1.82) is 0 Å². The Labute approximate surface area is 108 Å². The van der Waals surface area contributed by atoms with E-state index in [1.165, 1.54) is 0 Å². The summed E-state index contributed by atoms with van der Waals surface area (Å²) in [5.74, 6) is 0.692. The largest absolute Gasteiger partial charge is 0.380 e. The van der Waals surface area contributed by atoms with Gasteiger partial charge in [-0.2, -0.15) is 0 Å². The third-order valence-corrected chi connectivity index (χ3v) is 2.64. The van der Waals surface area contributed by atoms with Gasteiger partial charge in [-0.3, -0.25) is 4.79 Å². The van der Waals surface area contributed by atoms with Gasteiger partial charge in [-0.1, -0.05) is 0 Å². The molecule has 1 amide bonds. The van der Waals surface area contributed by atoms with Gasteiger partial charge in [0.25, 0.3) is 5.91 Å². The van der Waals surface area contributed by atoms with Crippen LogP contribution in [-0.4, -0.2) is 49.1 Å². The van der Waals surface area contributed by atoms with Gasteiger partial charge in [-0.15, -0.1) is 0 Å². The smallest absolute Gasteiger partial charge is 0.253 e. The fourth-order valence-electron chi connectivity index (χ4n) is 1.60. The predicted molar refractivity (Wildman–Crippen MR) is 71.8 cm³/mol. The summed E-state index contributed by atoms with van der Waals surface area (Å²) in [4.78, 5) is 18.0. The summed E-state index contributed by atoms with van der Waals surface area (Å²) in [5.41, 5.74) is 0.631. The number of hydrogen-bond acceptors (Lipinski definition) is 4. The van der Waals surface area contributed by atoms with E-state index < -0.39 is 0 Å². The van der Waals surface area contributed by atoms with Crippen molar-refractivity contribution in [3.8, 4) is 0 Å². The molecule has 0 aliphatic carbocycles. The standard InChI is InChI=1S/C13H21N3O2/c1-5-14-12-8-11(6-7-15-12)13(17)16(3)9-10(2)18-4/h6-8,10H,5,9H2,1-4H3,(H,14,15). The van der Waals surface area contributed by atoms with Crippen molar-refractivity contribution >= 4 is 11.7 Å². The topological polar surface area (TPSA) is 54.5 Å². The number of carbonyl (C=O) groups is 1. The molecule has 5 nitrogen and oxygen atoms in total. The number of rotatable bonds is 6. The van der Waals surface area contributed by atoms with Gasteiger partial charge in [0.1, 0.15) is 5.82 Å². The van der Waals surface area contributed by atoms with Crippen LogP contribution in [0.15, 0.2) is 18.3 Å². The molecule has 0 bridgehead atoms. The van der Waals surface area contributed by atoms with E-state index in [9.17, 15) is 4.79 Å². The molecule has 1 N–H and O–H groups in total. The van der Waals surface area contributed by atoms with Crippen molar-refractivity contribution in [2.75, 3.05) is 32.6 Å². The van der Waals surface area contributed by atoms with E-state index >= 15 is 0 Å². The van der Waals surface area contributed by atoms with Gasteiger partial charge in [-0.25, -0.2) is 4.98 Å². The number of amides is 1. The lowest BCUT2D eigenvalue weighted by molar-refractivity contribution is 0.0600. The van der Waals surface area contributed by atoms with E-state index in [-0.39, 0.29) is 12.0 Å². The summed E-state index contributed by atoms with van der Waals surface area (Å²) in [6.45, 7) is 5.26. The Kier molecular flexibility index (Phi) is 5.58. The van der Waals surface area contributed by atoms with Gasteiger partial charge >= 0.3 is 0 Å². The van der Waals surface area contributed by atoms with Gasteiger partial charge < -0.3 is 15.0 Å². The summed E-state index contributed by atoms with van der Waals surface area (Å²) >= 11 is 0. The van der Waals surface area contributed by atoms with Crippen molar-refractivity contribution in [3.63, 3.8) is 0 Å². The number of carbonyl (C=O) groups excluding carboxylic acids is 1. The summed E-state index contributed by atoms with van der Waals surface area (Å²) in [5, 5.41) is 3.09. The number of hydrogen-bond donors (Lipinski definition) is 1. The molecule has 1 aromatic rings. The number of nitrogens with one attached hydrogen (secondary N) is 1. The zero-order valence-electron chi connectivity index (χ0n) is 11.4. The highest BCUT2D eigenvalue weighted by molar-refractivity contribution is 5.94. The number of aromatic nitrogens is 1. The Morgan fingerprint density at radius 2 is 2.33 bits per heavy atom. The van der Waals surface area contributed by atoms with E-state index in [0.717, 1.165) is 12.4 Å². The molecule has 0 aliphatic rings. The number of anilines is 1. The molecule has 100 valence electrons. The van der Waals surface area contributed by atoms with Gasteiger partial charge in [0, 0.05) is 39.0 Å². The van der Waals surface area contributed by atoms with Crippen LogP contribution in [0.5, 0.6) is 0 Å². The van der Waals surface area contributed by atoms with Crippen LogP contribution in [0.1, 0.15) is 24.2 Å². The zero-order valence-corrected chi connectivity index (χ0v) is 11.4. The molecule has 0 aromatic carbocycles. The average molecular weight is 251 g/mol. The fourth-order valence-corrected chi connectivity index (χ4v) is 1.60. The maximum atomic E-state index is 12.2. The second-order valence-electron chi connectivity index (χ2n) is 4.19. The van der Waals surface area contributed by atoms with Crippen molar-refractivity contribution in [2.24, 2.45) is 0 Å². The monoisotopic (exact) mass is 251 g/mol. The Bertz CT molecular complexity index is 396. The van der Waals surface area contributed by atoms with Crippen LogP contribution in [0, 0.1) is 0 Å². The Morgan fingerprint density at radius 1 is 1.61 bits per heavy atom. The first kappa shape index (κ1) is 14.4. The third kappa shape index (κ3) is 4.00. The Balaban J connectivity index is 2.73. The van der Waals surface area contributed by atoms with Gasteiger partial charge in [0.05, 0.1) is 6.10 Å². The van der Waals surface area contributed by atoms with Crippen LogP contribution in [0.3, 0.4) is 0 Å². The van der Waals surface area contributed by atoms with Gasteiger partial charge in [0.2, 0.25) is 0 Å². The Morgan fingerprint density at radius 3 is 2.94 bits per heavy atom. The lowest BCUT2D eigenvalue weighted by Gasteiger charge is -2.20. The quantitative estimate of drug-likeness (QED) is 0.834. The lowest BCUT2D eigenvalue weighted by Crippen LogP contribution is -2.33. The summed E-state index contributed by atoms with van der Waals surface area (Å²) in [7, 11) is 3.41. The first-order valence-electron chi connectivity index (χ1n) is 6.06. The molecular formula is C13H21N3O2. The normalized spacial score (nSPS) is 12.0. The molecule has 1 heterocycles. The second kappa shape index (κ2) is 6.96.